The van der Waals surface area contributed by atoms with Crippen molar-refractivity contribution in [1.29, 1.82) is 0 Å². The molecule has 1 heterocycles. The first-order valence-corrected chi connectivity index (χ1v) is 10.7. The third-order valence-electron chi connectivity index (χ3n) is 4.43. The molecule has 2 aromatic carbocycles. The molecule has 0 fully saturated rings. The lowest BCUT2D eigenvalue weighted by molar-refractivity contribution is -0.145. The molecule has 0 radical (unpaired) electrons. The molecule has 156 valence electrons. The Morgan fingerprint density at radius 3 is 2.50 bits per heavy atom. The maximum Gasteiger partial charge on any atom is 0.328 e. The van der Waals surface area contributed by atoms with Crippen LogP contribution in [0.15, 0.2) is 60.0 Å². The summed E-state index contributed by atoms with van der Waals surface area (Å²) in [5, 5.41) is 4.62. The van der Waals surface area contributed by atoms with Crippen LogP contribution in [0.5, 0.6) is 0 Å². The average molecular weight is 445 g/mol. The summed E-state index contributed by atoms with van der Waals surface area (Å²) in [6.45, 7) is 0. The molecular formula is C22H21FN2O3S2. The van der Waals surface area contributed by atoms with E-state index in [4.69, 9.17) is 4.74 Å². The molecule has 2 atom stereocenters. The Balaban J connectivity index is 1.62. The zero-order valence-corrected chi connectivity index (χ0v) is 18.0. The van der Waals surface area contributed by atoms with Crippen LogP contribution in [0.3, 0.4) is 0 Å². The normalized spacial score (nSPS) is 12.8. The lowest BCUT2D eigenvalue weighted by atomic mass is 10.1. The summed E-state index contributed by atoms with van der Waals surface area (Å²) >= 11 is 5.81. The number of nitrogens with zero attached hydrogens (tertiary/aromatic N) is 1. The van der Waals surface area contributed by atoms with E-state index in [-0.39, 0.29) is 11.7 Å². The molecule has 0 aliphatic heterocycles. The number of thiol groups is 1. The third kappa shape index (κ3) is 5.90. The zero-order valence-electron chi connectivity index (χ0n) is 16.2. The highest BCUT2D eigenvalue weighted by molar-refractivity contribution is 7.81. The molecule has 1 aromatic heterocycles. The SMILES string of the molecule is COC(=O)[C@H](Cc1ccccc1)NC(=O)C(S)Cc1csc(-c2ccc(F)cc2)n1. The molecule has 0 bridgehead atoms. The lowest BCUT2D eigenvalue weighted by Crippen LogP contribution is -2.46. The van der Waals surface area contributed by atoms with Crippen LogP contribution in [0.2, 0.25) is 0 Å². The van der Waals surface area contributed by atoms with Gasteiger partial charge >= 0.3 is 5.97 Å². The summed E-state index contributed by atoms with van der Waals surface area (Å²) in [7, 11) is 1.29. The molecule has 1 amide bonds. The van der Waals surface area contributed by atoms with E-state index in [0.29, 0.717) is 18.5 Å². The number of thiazole rings is 1. The van der Waals surface area contributed by atoms with Gasteiger partial charge in [0, 0.05) is 23.8 Å². The van der Waals surface area contributed by atoms with Gasteiger partial charge in [-0.3, -0.25) is 4.79 Å². The zero-order chi connectivity index (χ0) is 21.5. The van der Waals surface area contributed by atoms with Crippen molar-refractivity contribution in [2.45, 2.75) is 24.1 Å². The molecule has 0 saturated carbocycles. The fourth-order valence-electron chi connectivity index (χ4n) is 2.87. The third-order valence-corrected chi connectivity index (χ3v) is 5.79. The molecule has 1 N–H and O–H groups in total. The highest BCUT2D eigenvalue weighted by Gasteiger charge is 2.25. The fraction of sp³-hybridized carbons (Fsp3) is 0.227. The highest BCUT2D eigenvalue weighted by atomic mass is 32.1. The first-order chi connectivity index (χ1) is 14.5. The molecule has 30 heavy (non-hydrogen) atoms. The van der Waals surface area contributed by atoms with Gasteiger partial charge in [-0.1, -0.05) is 30.3 Å². The minimum atomic E-state index is -0.801. The number of halogens is 1. The predicted octanol–water partition coefficient (Wildman–Crippen LogP) is 3.69. The maximum absolute atomic E-state index is 13.1. The van der Waals surface area contributed by atoms with Crippen molar-refractivity contribution in [3.8, 4) is 10.6 Å². The molecule has 1 unspecified atom stereocenters. The number of rotatable bonds is 8. The minimum absolute atomic E-state index is 0.297. The quantitative estimate of drug-likeness (QED) is 0.411. The molecular weight excluding hydrogens is 423 g/mol. The van der Waals surface area contributed by atoms with E-state index in [2.05, 4.69) is 22.9 Å². The van der Waals surface area contributed by atoms with E-state index in [9.17, 15) is 14.0 Å². The number of methoxy groups -OCH3 is 1. The van der Waals surface area contributed by atoms with Crippen molar-refractivity contribution < 1.29 is 18.7 Å². The molecule has 0 aliphatic carbocycles. The van der Waals surface area contributed by atoms with Gasteiger partial charge in [-0.25, -0.2) is 14.2 Å². The van der Waals surface area contributed by atoms with Crippen molar-refractivity contribution in [2.75, 3.05) is 7.11 Å². The Kier molecular flexibility index (Phi) is 7.59. The summed E-state index contributed by atoms with van der Waals surface area (Å²) in [6.07, 6.45) is 0.622. The van der Waals surface area contributed by atoms with Crippen LogP contribution in [0.25, 0.3) is 10.6 Å². The van der Waals surface area contributed by atoms with E-state index in [1.165, 1.54) is 30.6 Å². The molecule has 3 rings (SSSR count). The number of carbonyl (C=O) groups is 2. The van der Waals surface area contributed by atoms with Gasteiger partial charge in [-0.05, 0) is 29.8 Å². The van der Waals surface area contributed by atoms with Gasteiger partial charge in [0.1, 0.15) is 16.9 Å². The van der Waals surface area contributed by atoms with E-state index in [1.807, 2.05) is 35.7 Å². The first kappa shape index (κ1) is 22.0. The molecule has 3 aromatic rings. The van der Waals surface area contributed by atoms with Crippen LogP contribution in [-0.2, 0) is 27.2 Å². The summed E-state index contributed by atoms with van der Waals surface area (Å²) in [5.41, 5.74) is 2.42. The van der Waals surface area contributed by atoms with Crippen LogP contribution in [0.4, 0.5) is 4.39 Å². The van der Waals surface area contributed by atoms with Crippen LogP contribution in [-0.4, -0.2) is 35.3 Å². The standard InChI is InChI=1S/C22H21FN2O3S2/c1-28-22(27)18(11-14-5-3-2-4-6-14)25-20(26)19(29)12-17-13-30-21(24-17)15-7-9-16(23)10-8-15/h2-10,13,18-19,29H,11-12H2,1H3,(H,25,26)/t18-,19?/m0/s1. The number of amides is 1. The number of nitrogens with one attached hydrogen (secondary N) is 1. The highest BCUT2D eigenvalue weighted by Crippen LogP contribution is 2.25. The number of hydrogen-bond acceptors (Lipinski definition) is 6. The average Bonchev–Trinajstić information content (AvgIpc) is 3.22. The summed E-state index contributed by atoms with van der Waals surface area (Å²) < 4.78 is 17.9. The monoisotopic (exact) mass is 444 g/mol. The van der Waals surface area contributed by atoms with Gasteiger partial charge in [0.15, 0.2) is 0 Å². The van der Waals surface area contributed by atoms with E-state index in [1.54, 1.807) is 12.1 Å². The van der Waals surface area contributed by atoms with Crippen molar-refractivity contribution in [3.63, 3.8) is 0 Å². The van der Waals surface area contributed by atoms with Crippen molar-refractivity contribution in [2.24, 2.45) is 0 Å². The Morgan fingerprint density at radius 2 is 1.83 bits per heavy atom. The smallest absolute Gasteiger partial charge is 0.328 e. The second-order valence-electron chi connectivity index (χ2n) is 6.64. The lowest BCUT2D eigenvalue weighted by Gasteiger charge is -2.18. The van der Waals surface area contributed by atoms with Gasteiger partial charge in [-0.2, -0.15) is 12.6 Å². The molecule has 0 aliphatic rings. The number of benzene rings is 2. The molecule has 0 saturated heterocycles. The predicted molar refractivity (Wildman–Crippen MR) is 118 cm³/mol. The van der Waals surface area contributed by atoms with Crippen LogP contribution in [0.1, 0.15) is 11.3 Å². The minimum Gasteiger partial charge on any atom is -0.467 e. The molecule has 5 nitrogen and oxygen atoms in total. The number of ether oxygens (including phenoxy) is 1. The largest absolute Gasteiger partial charge is 0.467 e. The number of esters is 1. The van der Waals surface area contributed by atoms with E-state index < -0.39 is 17.3 Å². The van der Waals surface area contributed by atoms with E-state index >= 15 is 0 Å². The Labute approximate surface area is 183 Å². The van der Waals surface area contributed by atoms with Gasteiger partial charge in [-0.15, -0.1) is 11.3 Å². The van der Waals surface area contributed by atoms with Crippen molar-refractivity contribution in [1.82, 2.24) is 10.3 Å². The number of carbonyl (C=O) groups excluding carboxylic acids is 2. The topological polar surface area (TPSA) is 68.3 Å². The van der Waals surface area contributed by atoms with Crippen LogP contribution in [0, 0.1) is 5.82 Å². The fourth-order valence-corrected chi connectivity index (χ4v) is 3.97. The second kappa shape index (κ2) is 10.4. The molecule has 0 spiro atoms. The van der Waals surface area contributed by atoms with Crippen molar-refractivity contribution in [3.05, 3.63) is 77.1 Å². The summed E-state index contributed by atoms with van der Waals surface area (Å²) in [5.74, 6) is -1.20. The Bertz CT molecular complexity index is 993. The van der Waals surface area contributed by atoms with E-state index in [0.717, 1.165) is 16.1 Å². The van der Waals surface area contributed by atoms with Gasteiger partial charge < -0.3 is 10.1 Å². The van der Waals surface area contributed by atoms with Gasteiger partial charge in [0.25, 0.3) is 0 Å². The molecule has 8 heteroatoms. The van der Waals surface area contributed by atoms with Crippen molar-refractivity contribution >= 4 is 35.8 Å². The Hall–Kier alpha value is -2.71. The van der Waals surface area contributed by atoms with Gasteiger partial charge in [0.2, 0.25) is 5.91 Å². The first-order valence-electron chi connectivity index (χ1n) is 9.27. The summed E-state index contributed by atoms with van der Waals surface area (Å²) in [6, 6.07) is 14.7. The second-order valence-corrected chi connectivity index (χ2v) is 8.13. The number of hydrogen-bond donors (Lipinski definition) is 2. The Morgan fingerprint density at radius 1 is 1.13 bits per heavy atom. The number of aromatic nitrogens is 1. The van der Waals surface area contributed by atoms with Crippen LogP contribution < -0.4 is 5.32 Å². The van der Waals surface area contributed by atoms with Gasteiger partial charge in [0.05, 0.1) is 18.1 Å². The summed E-state index contributed by atoms with van der Waals surface area (Å²) in [4.78, 5) is 29.2. The van der Waals surface area contributed by atoms with Crippen LogP contribution >= 0.6 is 24.0 Å². The maximum atomic E-state index is 13.1.